The quantitative estimate of drug-likeness (QED) is 0.0565. The van der Waals surface area contributed by atoms with Crippen LogP contribution in [0.25, 0.3) is 0 Å². The maximum absolute atomic E-state index is 13.4. The number of fused-ring (bicyclic) bond motifs is 2. The van der Waals surface area contributed by atoms with E-state index in [1.54, 1.807) is 103 Å². The summed E-state index contributed by atoms with van der Waals surface area (Å²) in [7, 11) is 5.63. The second-order valence-electron chi connectivity index (χ2n) is 24.9. The SMILES string of the molecule is C.CCOc1cccc(OCc2ccccc2)c1C(=O)N(C)c1ccc(Cl)c(C)c1.CCOc1cccc(OCc2ccccc2)c1C(=O)Nc1ccc(Cl)c(C)c1.CCOc1cccc2c1C(=O)N(Cc1ccc(Cl)c(C)c1)C2=O.Cc1cc(CN2C(=O)c3cccc(OCCN(C)C)c3C2=O)ccc1Cl. The van der Waals surface area contributed by atoms with Crippen molar-refractivity contribution in [2.75, 3.05) is 64.3 Å². The lowest BCUT2D eigenvalue weighted by Gasteiger charge is -2.22. The normalized spacial score (nSPS) is 11.7. The van der Waals surface area contributed by atoms with Crippen molar-refractivity contribution in [3.05, 3.63) is 304 Å². The minimum absolute atomic E-state index is 0. The highest BCUT2D eigenvalue weighted by molar-refractivity contribution is 6.32. The summed E-state index contributed by atoms with van der Waals surface area (Å²) in [6.45, 7) is 16.8. The highest BCUT2D eigenvalue weighted by Gasteiger charge is 2.40. The molecule has 0 spiro atoms. The van der Waals surface area contributed by atoms with Gasteiger partial charge in [0.1, 0.15) is 65.4 Å². The van der Waals surface area contributed by atoms with Crippen molar-refractivity contribution in [1.82, 2.24) is 14.7 Å². The van der Waals surface area contributed by atoms with E-state index in [0.717, 1.165) is 56.7 Å². The molecule has 1 N–H and O–H groups in total. The number of benzene rings is 10. The standard InChI is InChI=1S/C24H24ClNO3.C23H22ClNO3.C20H21ClN2O3.C18H16ClNO3.CH4/c1-4-28-21-11-8-12-22(29-16-18-9-6-5-7-10-18)23(21)24(27)26(3)19-13-14-20(25)17(2)15-19;1-3-27-20-10-7-11-21(28-15-17-8-5-4-6-9-17)22(20)23(26)25-18-12-13-19(24)16(2)14-18;1-13-11-14(7-8-16(13)21)12-23-19(24)15-5-4-6-17(18(15)20(23)25)26-10-9-22(2)3;1-3-23-15-6-4-5-13-16(15)18(22)20(17(13)21)10-12-7-8-14(19)11(2)9-12;/h5-15H,4,16H2,1-3H3;4-14H,3,15H2,1-2H3,(H,25,26);4-8,11H,9-10,12H2,1-3H3;4-9H,3,10H2,1-2H3;1H4. The number of nitrogens with zero attached hydrogens (tertiary/aromatic N) is 4. The van der Waals surface area contributed by atoms with Crippen LogP contribution in [0.1, 0.15) is 135 Å². The summed E-state index contributed by atoms with van der Waals surface area (Å²) in [5.41, 5.74) is 11.0. The summed E-state index contributed by atoms with van der Waals surface area (Å²) in [5.74, 6) is 1.12. The molecule has 21 heteroatoms. The topological polar surface area (TPSA) is 183 Å². The van der Waals surface area contributed by atoms with Crippen molar-refractivity contribution in [2.24, 2.45) is 0 Å². The van der Waals surface area contributed by atoms with Gasteiger partial charge < -0.3 is 43.5 Å². The number of likely N-dealkylation sites (N-methyl/N-ethyl adjacent to an activating group) is 1. The fourth-order valence-corrected chi connectivity index (χ4v) is 11.8. The molecule has 10 aromatic carbocycles. The molecule has 6 amide bonds. The number of aryl methyl sites for hydroxylation is 4. The van der Waals surface area contributed by atoms with Crippen LogP contribution >= 0.6 is 46.4 Å². The van der Waals surface area contributed by atoms with Gasteiger partial charge in [0.05, 0.1) is 55.2 Å². The van der Waals surface area contributed by atoms with Crippen LogP contribution in [0, 0.1) is 27.7 Å². The van der Waals surface area contributed by atoms with Gasteiger partial charge in [-0.1, -0.05) is 163 Å². The Morgan fingerprint density at radius 1 is 0.402 bits per heavy atom. The number of carbonyl (C=O) groups excluding carboxylic acids is 6. The molecule has 0 bridgehead atoms. The summed E-state index contributed by atoms with van der Waals surface area (Å²) in [6, 6.07) is 62.4. The number of amides is 6. The van der Waals surface area contributed by atoms with E-state index in [9.17, 15) is 28.8 Å². The molecule has 17 nitrogen and oxygen atoms in total. The van der Waals surface area contributed by atoms with Crippen molar-refractivity contribution in [2.45, 2.75) is 82.2 Å². The van der Waals surface area contributed by atoms with Crippen LogP contribution in [-0.2, 0) is 26.3 Å². The summed E-state index contributed by atoms with van der Waals surface area (Å²) < 4.78 is 34.6. The minimum atomic E-state index is -0.321. The Kier molecular flexibility index (Phi) is 30.0. The third-order valence-corrected chi connectivity index (χ3v) is 18.6. The van der Waals surface area contributed by atoms with Crippen molar-refractivity contribution in [3.8, 4) is 34.5 Å². The Labute approximate surface area is 646 Å². The Bertz CT molecular complexity index is 4810. The Balaban J connectivity index is 0.000000180. The Morgan fingerprint density at radius 3 is 1.22 bits per heavy atom. The molecule has 0 atom stereocenters. The largest absolute Gasteiger partial charge is 0.493 e. The molecule has 0 unspecified atom stereocenters. The second kappa shape index (κ2) is 39.1. The molecule has 107 heavy (non-hydrogen) atoms. The fourth-order valence-electron chi connectivity index (χ4n) is 11.4. The van der Waals surface area contributed by atoms with E-state index in [4.69, 9.17) is 74.8 Å². The molecule has 0 saturated heterocycles. The summed E-state index contributed by atoms with van der Waals surface area (Å²) in [6.07, 6.45) is 0. The highest BCUT2D eigenvalue weighted by Crippen LogP contribution is 2.37. The van der Waals surface area contributed by atoms with Crippen LogP contribution in [0.3, 0.4) is 0 Å². The predicted octanol–water partition coefficient (Wildman–Crippen LogP) is 19.6. The summed E-state index contributed by atoms with van der Waals surface area (Å²) in [5, 5.41) is 5.54. The van der Waals surface area contributed by atoms with E-state index in [1.165, 1.54) is 9.80 Å². The average Bonchev–Trinajstić information content (AvgIpc) is 1.64. The molecule has 2 aliphatic rings. The lowest BCUT2D eigenvalue weighted by molar-refractivity contribution is 0.0625. The van der Waals surface area contributed by atoms with E-state index in [-0.39, 0.29) is 56.0 Å². The van der Waals surface area contributed by atoms with E-state index < -0.39 is 0 Å². The number of hydrogen-bond acceptors (Lipinski definition) is 13. The first-order chi connectivity index (χ1) is 51.0. The van der Waals surface area contributed by atoms with Crippen molar-refractivity contribution in [1.29, 1.82) is 0 Å². The zero-order valence-electron chi connectivity index (χ0n) is 60.7. The van der Waals surface area contributed by atoms with Crippen molar-refractivity contribution in [3.63, 3.8) is 0 Å². The van der Waals surface area contributed by atoms with Crippen LogP contribution in [0.2, 0.25) is 20.1 Å². The lowest BCUT2D eigenvalue weighted by atomic mass is 10.1. The van der Waals surface area contributed by atoms with Crippen LogP contribution in [0.15, 0.2) is 206 Å². The molecule has 0 fully saturated rings. The first kappa shape index (κ1) is 82.0. The van der Waals surface area contributed by atoms with Gasteiger partial charge in [-0.3, -0.25) is 38.6 Å². The molecule has 0 aromatic heterocycles. The van der Waals surface area contributed by atoms with Gasteiger partial charge in [-0.15, -0.1) is 0 Å². The molecular weight excluding hydrogens is 1440 g/mol. The maximum Gasteiger partial charge on any atom is 0.265 e. The van der Waals surface area contributed by atoms with E-state index in [0.29, 0.717) is 133 Å². The second-order valence-corrected chi connectivity index (χ2v) is 26.5. The molecule has 2 heterocycles. The van der Waals surface area contributed by atoms with Gasteiger partial charge in [0.2, 0.25) is 0 Å². The van der Waals surface area contributed by atoms with Crippen LogP contribution in [-0.4, -0.2) is 104 Å². The number of carbonyl (C=O) groups is 6. The lowest BCUT2D eigenvalue weighted by Crippen LogP contribution is -2.29. The molecule has 556 valence electrons. The highest BCUT2D eigenvalue weighted by atomic mass is 35.5. The van der Waals surface area contributed by atoms with Crippen LogP contribution in [0.4, 0.5) is 11.4 Å². The zero-order chi connectivity index (χ0) is 76.1. The van der Waals surface area contributed by atoms with Crippen molar-refractivity contribution >= 4 is 93.2 Å². The number of imide groups is 2. The van der Waals surface area contributed by atoms with Gasteiger partial charge in [-0.2, -0.15) is 0 Å². The smallest absolute Gasteiger partial charge is 0.265 e. The van der Waals surface area contributed by atoms with Crippen LogP contribution < -0.4 is 38.6 Å². The van der Waals surface area contributed by atoms with Gasteiger partial charge in [0.15, 0.2) is 0 Å². The molecule has 2 aliphatic heterocycles. The number of ether oxygens (including phenoxy) is 6. The monoisotopic (exact) mass is 1520 g/mol. The van der Waals surface area contributed by atoms with Gasteiger partial charge in [0.25, 0.3) is 35.4 Å². The molecular formula is C86H87Cl4N5O12. The molecule has 0 saturated carbocycles. The summed E-state index contributed by atoms with van der Waals surface area (Å²) in [4.78, 5) is 83.3. The predicted molar refractivity (Wildman–Crippen MR) is 425 cm³/mol. The van der Waals surface area contributed by atoms with E-state index >= 15 is 0 Å². The first-order valence-electron chi connectivity index (χ1n) is 34.4. The number of hydrogen-bond donors (Lipinski definition) is 1. The van der Waals surface area contributed by atoms with Gasteiger partial charge in [0, 0.05) is 45.1 Å². The minimum Gasteiger partial charge on any atom is -0.493 e. The Hall–Kier alpha value is -10.7. The molecule has 12 rings (SSSR count). The van der Waals surface area contributed by atoms with Gasteiger partial charge in [-0.05, 0) is 204 Å². The third-order valence-electron chi connectivity index (χ3n) is 16.9. The molecule has 10 aromatic rings. The summed E-state index contributed by atoms with van der Waals surface area (Å²) >= 11 is 24.3. The average molecular weight is 1520 g/mol. The van der Waals surface area contributed by atoms with Gasteiger partial charge in [-0.25, -0.2) is 0 Å². The van der Waals surface area contributed by atoms with E-state index in [1.807, 2.05) is 183 Å². The molecule has 0 aliphatic carbocycles. The van der Waals surface area contributed by atoms with Crippen LogP contribution in [0.5, 0.6) is 34.5 Å². The third kappa shape index (κ3) is 21.1. The fraction of sp³-hybridized carbons (Fsp3) is 0.233. The molecule has 0 radical (unpaired) electrons. The number of anilines is 2. The zero-order valence-corrected chi connectivity index (χ0v) is 63.7. The van der Waals surface area contributed by atoms with Crippen molar-refractivity contribution < 1.29 is 57.2 Å². The Morgan fingerprint density at radius 2 is 0.785 bits per heavy atom. The number of nitrogens with one attached hydrogen (secondary N) is 1. The maximum atomic E-state index is 13.4. The van der Waals surface area contributed by atoms with E-state index in [2.05, 4.69) is 5.32 Å². The number of rotatable bonds is 24. The van der Waals surface area contributed by atoms with Gasteiger partial charge >= 0.3 is 0 Å². The number of halogens is 4. The first-order valence-corrected chi connectivity index (χ1v) is 35.9.